The molecule has 7 heteroatoms. The van der Waals surface area contributed by atoms with Crippen molar-refractivity contribution < 1.29 is 9.90 Å². The highest BCUT2D eigenvalue weighted by molar-refractivity contribution is 7.29. The van der Waals surface area contributed by atoms with Gasteiger partial charge in [-0.05, 0) is 157 Å². The van der Waals surface area contributed by atoms with Gasteiger partial charge in [0, 0.05) is 39.0 Å². The number of nitriles is 1. The first-order chi connectivity index (χ1) is 33.1. The normalized spacial score (nSPS) is 11.7. The van der Waals surface area contributed by atoms with E-state index in [0.29, 0.717) is 0 Å². The average molecular weight is 983 g/mol. The Hall–Kier alpha value is -4.32. The van der Waals surface area contributed by atoms with Crippen molar-refractivity contribution in [3.8, 4) is 56.9 Å². The zero-order valence-corrected chi connectivity index (χ0v) is 45.2. The maximum absolute atomic E-state index is 12.1. The van der Waals surface area contributed by atoms with Gasteiger partial charge >= 0.3 is 5.97 Å². The number of carboxylic acid groups (broad SMARTS) is 1. The number of unbranched alkanes of at least 4 members (excludes halogenated alkanes) is 12. The van der Waals surface area contributed by atoms with E-state index in [1.54, 1.807) is 17.4 Å². The van der Waals surface area contributed by atoms with Crippen LogP contribution in [0.2, 0.25) is 0 Å². The summed E-state index contributed by atoms with van der Waals surface area (Å²) in [6.45, 7) is 18.0. The van der Waals surface area contributed by atoms with Crippen LogP contribution in [0, 0.1) is 18.3 Å². The van der Waals surface area contributed by atoms with Gasteiger partial charge in [-0.25, -0.2) is 4.79 Å². The van der Waals surface area contributed by atoms with Crippen LogP contribution in [0.3, 0.4) is 0 Å². The first-order valence-corrected chi connectivity index (χ1v) is 29.2. The van der Waals surface area contributed by atoms with Crippen LogP contribution in [0.15, 0.2) is 78.9 Å². The summed E-state index contributed by atoms with van der Waals surface area (Å²) in [7, 11) is 0. The summed E-state index contributed by atoms with van der Waals surface area (Å²) >= 11 is 7.57. The second kappa shape index (κ2) is 27.2. The summed E-state index contributed by atoms with van der Waals surface area (Å²) in [6.07, 6.45) is 25.8. The van der Waals surface area contributed by atoms with E-state index in [0.717, 1.165) is 68.2 Å². The fourth-order valence-electron chi connectivity index (χ4n) is 9.23. The van der Waals surface area contributed by atoms with Gasteiger partial charge in [0.25, 0.3) is 0 Å². The monoisotopic (exact) mass is 981 g/mol. The Morgan fingerprint density at radius 3 is 1.51 bits per heavy atom. The van der Waals surface area contributed by atoms with Crippen LogP contribution in [0.25, 0.3) is 62.5 Å². The lowest BCUT2D eigenvalue weighted by atomic mass is 9.90. The van der Waals surface area contributed by atoms with Crippen molar-refractivity contribution in [3.63, 3.8) is 0 Å². The van der Waals surface area contributed by atoms with Crippen LogP contribution < -0.4 is 0 Å². The predicted octanol–water partition coefficient (Wildman–Crippen LogP) is 20.5. The molecule has 0 spiro atoms. The van der Waals surface area contributed by atoms with Crippen molar-refractivity contribution in [3.05, 3.63) is 117 Å². The summed E-state index contributed by atoms with van der Waals surface area (Å²) < 4.78 is 0. The largest absolute Gasteiger partial charge is 0.477 e. The first-order valence-electron chi connectivity index (χ1n) is 25.9. The molecule has 2 aromatic carbocycles. The van der Waals surface area contributed by atoms with Gasteiger partial charge in [-0.3, -0.25) is 0 Å². The van der Waals surface area contributed by atoms with Gasteiger partial charge in [-0.1, -0.05) is 155 Å². The molecule has 0 saturated carbocycles. The molecule has 4 aromatic heterocycles. The fraction of sp³-hybridized carbons (Fsp3) is 0.443. The molecular formula is C61H75NO2S4. The van der Waals surface area contributed by atoms with E-state index in [2.05, 4.69) is 115 Å². The summed E-state index contributed by atoms with van der Waals surface area (Å²) in [5.74, 6) is -1.17. The minimum Gasteiger partial charge on any atom is -0.477 e. The highest BCUT2D eigenvalue weighted by atomic mass is 32.1. The van der Waals surface area contributed by atoms with E-state index in [9.17, 15) is 15.2 Å². The van der Waals surface area contributed by atoms with E-state index in [1.165, 1.54) is 161 Å². The topological polar surface area (TPSA) is 61.1 Å². The zero-order valence-electron chi connectivity index (χ0n) is 41.9. The minimum atomic E-state index is -1.17. The van der Waals surface area contributed by atoms with Crippen LogP contribution in [0.5, 0.6) is 0 Å². The number of aryl methyl sites for hydroxylation is 5. The molecule has 0 saturated heterocycles. The molecule has 0 aliphatic carbocycles. The van der Waals surface area contributed by atoms with Crippen molar-refractivity contribution in [2.45, 2.75) is 176 Å². The van der Waals surface area contributed by atoms with Crippen molar-refractivity contribution in [1.82, 2.24) is 0 Å². The van der Waals surface area contributed by atoms with Gasteiger partial charge in [0.05, 0.1) is 0 Å². The van der Waals surface area contributed by atoms with E-state index in [4.69, 9.17) is 0 Å². The molecule has 6 rings (SSSR count). The summed E-state index contributed by atoms with van der Waals surface area (Å²) in [5.41, 5.74) is 12.8. The van der Waals surface area contributed by atoms with Gasteiger partial charge in [-0.2, -0.15) is 5.26 Å². The Balaban J connectivity index is 1.48. The molecule has 4 heterocycles. The number of allylic oxidation sites excluding steroid dienone is 1. The van der Waals surface area contributed by atoms with Crippen molar-refractivity contribution in [1.29, 1.82) is 5.26 Å². The van der Waals surface area contributed by atoms with E-state index < -0.39 is 5.97 Å². The number of nitrogens with zero attached hydrogens (tertiary/aromatic N) is 1. The third kappa shape index (κ3) is 13.9. The molecule has 68 heavy (non-hydrogen) atoms. The molecular weight excluding hydrogens is 907 g/mol. The smallest absolute Gasteiger partial charge is 0.346 e. The van der Waals surface area contributed by atoms with Crippen LogP contribution in [-0.4, -0.2) is 11.1 Å². The summed E-state index contributed by atoms with van der Waals surface area (Å²) in [5, 5.41) is 19.6. The predicted molar refractivity (Wildman–Crippen MR) is 302 cm³/mol. The standard InChI is InChI=1S/C61H75NO2S4/c1-8-13-17-21-27-44-36-55(65-53(44)40-49(41-62)61(63)64)58-47(29-23-19-15-10-3)38-57(67-58)60-48(30-24-20-16-11-4)39-56(68-60)59-46(28-22-18-14-9-2)37-54(66-59)45-34-33-43(7)52(35-45)51-32-26-25-31-50(51)42(6)12-5/h25-26,31-40H,6,8-24,27-30H2,1-5,7H3,(H,63,64)/b49-40-. The molecule has 0 atom stereocenters. The Morgan fingerprint density at radius 1 is 0.574 bits per heavy atom. The lowest BCUT2D eigenvalue weighted by molar-refractivity contribution is -0.132. The number of hydrogen-bond acceptors (Lipinski definition) is 6. The van der Waals surface area contributed by atoms with Crippen molar-refractivity contribution in [2.24, 2.45) is 0 Å². The summed E-state index contributed by atoms with van der Waals surface area (Å²) in [6, 6.07) is 27.7. The highest BCUT2D eigenvalue weighted by Gasteiger charge is 2.23. The first kappa shape index (κ1) is 53.0. The molecule has 0 amide bonds. The molecule has 0 unspecified atom stereocenters. The Labute approximate surface area is 425 Å². The quantitative estimate of drug-likeness (QED) is 0.0289. The number of thiophene rings is 4. The van der Waals surface area contributed by atoms with Crippen LogP contribution in [0.1, 0.15) is 182 Å². The maximum Gasteiger partial charge on any atom is 0.346 e. The van der Waals surface area contributed by atoms with Crippen molar-refractivity contribution in [2.75, 3.05) is 0 Å². The lowest BCUT2D eigenvalue weighted by Gasteiger charge is -2.14. The minimum absolute atomic E-state index is 0.202. The Kier molecular flexibility index (Phi) is 21.2. The molecule has 0 aliphatic heterocycles. The van der Waals surface area contributed by atoms with E-state index >= 15 is 0 Å². The van der Waals surface area contributed by atoms with Gasteiger partial charge < -0.3 is 5.11 Å². The fourth-order valence-corrected chi connectivity index (χ4v) is 14.4. The maximum atomic E-state index is 12.1. The summed E-state index contributed by atoms with van der Waals surface area (Å²) in [4.78, 5) is 22.4. The molecule has 3 nitrogen and oxygen atoms in total. The molecule has 0 radical (unpaired) electrons. The Bertz CT molecular complexity index is 2650. The number of carbonyl (C=O) groups is 1. The average Bonchev–Trinajstić information content (AvgIpc) is 4.16. The van der Waals surface area contributed by atoms with E-state index in [1.807, 2.05) is 40.1 Å². The van der Waals surface area contributed by atoms with Crippen molar-refractivity contribution >= 4 is 63.0 Å². The third-order valence-corrected chi connectivity index (χ3v) is 18.6. The van der Waals surface area contributed by atoms with Gasteiger partial charge in [-0.15, -0.1) is 45.3 Å². The van der Waals surface area contributed by atoms with Gasteiger partial charge in [0.1, 0.15) is 11.6 Å². The van der Waals surface area contributed by atoms with Gasteiger partial charge in [0.15, 0.2) is 0 Å². The SMILES string of the molecule is C=C(CC)c1ccccc1-c1cc(-c2cc(CCCCCC)c(-c3cc(CCCCCC)c(-c4cc(CCCCCC)c(-c5cc(CCCCCC)c(/C=C(/C#N)C(=O)O)s5)s4)s3)s2)ccc1C. The van der Waals surface area contributed by atoms with Crippen LogP contribution in [-0.2, 0) is 30.5 Å². The third-order valence-electron chi connectivity index (χ3n) is 13.3. The molecule has 6 aromatic rings. The Morgan fingerprint density at radius 2 is 1.03 bits per heavy atom. The number of carboxylic acids is 1. The number of aliphatic carboxylic acids is 1. The second-order valence-electron chi connectivity index (χ2n) is 18.6. The van der Waals surface area contributed by atoms with Crippen LogP contribution >= 0.6 is 45.3 Å². The van der Waals surface area contributed by atoms with Gasteiger partial charge in [0.2, 0.25) is 0 Å². The second-order valence-corrected chi connectivity index (χ2v) is 22.9. The molecule has 0 aliphatic rings. The molecule has 1 N–H and O–H groups in total. The highest BCUT2D eigenvalue weighted by Crippen LogP contribution is 2.50. The molecule has 0 bridgehead atoms. The number of benzene rings is 2. The molecule has 0 fully saturated rings. The number of rotatable bonds is 29. The molecule has 360 valence electrons. The number of hydrogen-bond donors (Lipinski definition) is 1. The lowest BCUT2D eigenvalue weighted by Crippen LogP contribution is -1.97. The zero-order chi connectivity index (χ0) is 48.4. The van der Waals surface area contributed by atoms with Crippen LogP contribution in [0.4, 0.5) is 0 Å². The van der Waals surface area contributed by atoms with E-state index in [-0.39, 0.29) is 5.57 Å².